The third kappa shape index (κ3) is 3.79. The highest BCUT2D eigenvalue weighted by atomic mass is 79.9. The Morgan fingerprint density at radius 3 is 2.60 bits per heavy atom. The van der Waals surface area contributed by atoms with Crippen LogP contribution in [0.4, 0.5) is 0 Å². The number of aliphatic hydroxyl groups excluding tert-OH is 1. The molecule has 0 aromatic heterocycles. The zero-order valence-corrected chi connectivity index (χ0v) is 11.3. The molecule has 1 unspecified atom stereocenters. The van der Waals surface area contributed by atoms with Crippen molar-refractivity contribution in [3.63, 3.8) is 0 Å². The van der Waals surface area contributed by atoms with E-state index in [0.717, 1.165) is 10.0 Å². The molecule has 3 N–H and O–H groups in total. The maximum Gasteiger partial charge on any atom is 0.0912 e. The molecule has 1 aromatic carbocycles. The third-order valence-electron chi connectivity index (χ3n) is 1.93. The van der Waals surface area contributed by atoms with E-state index in [2.05, 4.69) is 29.8 Å². The molecule has 0 aliphatic heterocycles. The van der Waals surface area contributed by atoms with E-state index in [4.69, 9.17) is 5.73 Å². The number of rotatable bonds is 4. The Labute approximate surface area is 103 Å². The molecule has 2 nitrogen and oxygen atoms in total. The largest absolute Gasteiger partial charge is 0.387 e. The van der Waals surface area contributed by atoms with Gasteiger partial charge >= 0.3 is 0 Å². The molecule has 0 bridgehead atoms. The molecule has 0 aliphatic rings. The number of halogens is 1. The molecule has 0 heterocycles. The summed E-state index contributed by atoms with van der Waals surface area (Å²) in [6.07, 6.45) is -0.570. The van der Waals surface area contributed by atoms with Crippen LogP contribution in [0.25, 0.3) is 0 Å². The zero-order valence-electron chi connectivity index (χ0n) is 8.90. The number of benzene rings is 1. The summed E-state index contributed by atoms with van der Waals surface area (Å²) in [7, 11) is 0. The lowest BCUT2D eigenvalue weighted by Crippen LogP contribution is -2.11. The fourth-order valence-corrected chi connectivity index (χ4v) is 2.71. The molecule has 1 rings (SSSR count). The molecular weight excluding hydrogens is 274 g/mol. The normalized spacial score (nSPS) is 13.2. The van der Waals surface area contributed by atoms with E-state index < -0.39 is 6.10 Å². The van der Waals surface area contributed by atoms with Crippen LogP contribution >= 0.6 is 27.7 Å². The van der Waals surface area contributed by atoms with E-state index >= 15 is 0 Å². The lowest BCUT2D eigenvalue weighted by Gasteiger charge is -2.12. The Kier molecular flexibility index (Phi) is 5.12. The summed E-state index contributed by atoms with van der Waals surface area (Å²) < 4.78 is 1.02. The molecule has 0 amide bonds. The Morgan fingerprint density at radius 2 is 2.13 bits per heavy atom. The van der Waals surface area contributed by atoms with Gasteiger partial charge in [0.1, 0.15) is 0 Å². The van der Waals surface area contributed by atoms with Crippen LogP contribution < -0.4 is 5.73 Å². The zero-order chi connectivity index (χ0) is 11.4. The molecule has 0 radical (unpaired) electrons. The van der Waals surface area contributed by atoms with Crippen LogP contribution in [0.1, 0.15) is 25.5 Å². The van der Waals surface area contributed by atoms with Gasteiger partial charge in [-0.3, -0.25) is 0 Å². The Balaban J connectivity index is 2.88. The van der Waals surface area contributed by atoms with Gasteiger partial charge in [-0.2, -0.15) is 0 Å². The average Bonchev–Trinajstić information content (AvgIpc) is 2.19. The fourth-order valence-electron chi connectivity index (χ4n) is 1.21. The predicted molar refractivity (Wildman–Crippen MR) is 69.1 cm³/mol. The third-order valence-corrected chi connectivity index (χ3v) is 3.93. The van der Waals surface area contributed by atoms with Crippen molar-refractivity contribution in [1.29, 1.82) is 0 Å². The van der Waals surface area contributed by atoms with Gasteiger partial charge in [0.2, 0.25) is 0 Å². The van der Waals surface area contributed by atoms with Crippen LogP contribution in [0.15, 0.2) is 27.6 Å². The van der Waals surface area contributed by atoms with E-state index in [0.29, 0.717) is 5.25 Å². The van der Waals surface area contributed by atoms with Crippen LogP contribution in [0, 0.1) is 0 Å². The first-order valence-corrected chi connectivity index (χ1v) is 6.56. The summed E-state index contributed by atoms with van der Waals surface area (Å²) >= 11 is 5.29. The van der Waals surface area contributed by atoms with E-state index in [1.165, 1.54) is 4.90 Å². The van der Waals surface area contributed by atoms with Crippen molar-refractivity contribution in [3.05, 3.63) is 28.2 Å². The monoisotopic (exact) mass is 289 g/mol. The maximum atomic E-state index is 9.57. The molecule has 0 aliphatic carbocycles. The van der Waals surface area contributed by atoms with Crippen LogP contribution in [-0.4, -0.2) is 16.9 Å². The summed E-state index contributed by atoms with van der Waals surface area (Å²) in [5.41, 5.74) is 6.26. The first-order valence-electron chi connectivity index (χ1n) is 4.88. The second kappa shape index (κ2) is 5.89. The highest BCUT2D eigenvalue weighted by Crippen LogP contribution is 2.32. The van der Waals surface area contributed by atoms with E-state index in [-0.39, 0.29) is 6.54 Å². The van der Waals surface area contributed by atoms with Gasteiger partial charge < -0.3 is 10.8 Å². The highest BCUT2D eigenvalue weighted by Gasteiger charge is 2.09. The summed E-state index contributed by atoms with van der Waals surface area (Å²) in [6, 6.07) is 5.87. The molecule has 0 saturated carbocycles. The quantitative estimate of drug-likeness (QED) is 0.838. The Hall–Kier alpha value is -0.0300. The van der Waals surface area contributed by atoms with E-state index in [1.54, 1.807) is 11.8 Å². The molecule has 15 heavy (non-hydrogen) atoms. The van der Waals surface area contributed by atoms with Gasteiger partial charge in [-0.25, -0.2) is 0 Å². The van der Waals surface area contributed by atoms with Crippen molar-refractivity contribution in [1.82, 2.24) is 0 Å². The highest BCUT2D eigenvalue weighted by molar-refractivity contribution is 9.10. The second-order valence-corrected chi connectivity index (χ2v) is 6.08. The lowest BCUT2D eigenvalue weighted by molar-refractivity contribution is 0.186. The molecule has 0 fully saturated rings. The summed E-state index contributed by atoms with van der Waals surface area (Å²) in [4.78, 5) is 1.19. The number of nitrogens with two attached hydrogens (primary N) is 1. The topological polar surface area (TPSA) is 46.2 Å². The Morgan fingerprint density at radius 1 is 1.47 bits per heavy atom. The average molecular weight is 290 g/mol. The molecule has 1 aromatic rings. The van der Waals surface area contributed by atoms with Gasteiger partial charge in [-0.05, 0) is 33.6 Å². The van der Waals surface area contributed by atoms with Crippen molar-refractivity contribution in [2.24, 2.45) is 5.73 Å². The number of hydrogen-bond donors (Lipinski definition) is 2. The van der Waals surface area contributed by atoms with E-state index in [9.17, 15) is 5.11 Å². The number of thioether (sulfide) groups is 1. The lowest BCUT2D eigenvalue weighted by atomic mass is 10.1. The Bertz CT molecular complexity index is 330. The predicted octanol–water partition coefficient (Wildman–Crippen LogP) is 2.94. The molecular formula is C11H16BrNOS. The number of hydrogen-bond acceptors (Lipinski definition) is 3. The van der Waals surface area contributed by atoms with Crippen molar-refractivity contribution < 1.29 is 5.11 Å². The first-order chi connectivity index (χ1) is 7.04. The molecule has 1 atom stereocenters. The fraction of sp³-hybridized carbons (Fsp3) is 0.455. The summed E-state index contributed by atoms with van der Waals surface area (Å²) in [5, 5.41) is 10.1. The number of aliphatic hydroxyl groups is 1. The van der Waals surface area contributed by atoms with Crippen LogP contribution in [0.3, 0.4) is 0 Å². The molecule has 84 valence electrons. The van der Waals surface area contributed by atoms with Gasteiger partial charge in [0, 0.05) is 21.2 Å². The van der Waals surface area contributed by atoms with Crippen LogP contribution in [-0.2, 0) is 0 Å². The van der Waals surface area contributed by atoms with Crippen molar-refractivity contribution in [2.75, 3.05) is 6.54 Å². The van der Waals surface area contributed by atoms with Crippen LogP contribution in [0.2, 0.25) is 0 Å². The van der Waals surface area contributed by atoms with Crippen molar-refractivity contribution in [2.45, 2.75) is 30.1 Å². The maximum absolute atomic E-state index is 9.57. The standard InChI is InChI=1S/C11H16BrNOS/c1-7(2)15-11-4-3-8(5-9(11)12)10(14)6-13/h3-5,7,10,14H,6,13H2,1-2H3. The van der Waals surface area contributed by atoms with Gasteiger partial charge in [0.25, 0.3) is 0 Å². The second-order valence-electron chi connectivity index (χ2n) is 3.61. The molecule has 0 spiro atoms. The summed E-state index contributed by atoms with van der Waals surface area (Å²) in [6.45, 7) is 4.56. The first kappa shape index (κ1) is 13.0. The van der Waals surface area contributed by atoms with Crippen molar-refractivity contribution >= 4 is 27.7 Å². The molecule has 0 saturated heterocycles. The van der Waals surface area contributed by atoms with Gasteiger partial charge in [0.15, 0.2) is 0 Å². The van der Waals surface area contributed by atoms with Crippen molar-refractivity contribution in [3.8, 4) is 0 Å². The smallest absolute Gasteiger partial charge is 0.0912 e. The van der Waals surface area contributed by atoms with Crippen LogP contribution in [0.5, 0.6) is 0 Å². The molecule has 4 heteroatoms. The summed E-state index contributed by atoms with van der Waals surface area (Å²) in [5.74, 6) is 0. The van der Waals surface area contributed by atoms with Gasteiger partial charge in [-0.1, -0.05) is 19.9 Å². The minimum Gasteiger partial charge on any atom is -0.387 e. The minimum absolute atomic E-state index is 0.253. The van der Waals surface area contributed by atoms with E-state index in [1.807, 2.05) is 18.2 Å². The SMILES string of the molecule is CC(C)Sc1ccc(C(O)CN)cc1Br. The minimum atomic E-state index is -0.570. The van der Waals surface area contributed by atoms with Gasteiger partial charge in [0.05, 0.1) is 6.10 Å². The van der Waals surface area contributed by atoms with Gasteiger partial charge in [-0.15, -0.1) is 11.8 Å².